The highest BCUT2D eigenvalue weighted by Crippen LogP contribution is 2.29. The van der Waals surface area contributed by atoms with Crippen molar-refractivity contribution in [1.82, 2.24) is 0 Å². The fourth-order valence-corrected chi connectivity index (χ4v) is 2.68. The molecule has 0 N–H and O–H groups in total. The summed E-state index contributed by atoms with van der Waals surface area (Å²) in [6.07, 6.45) is 4.73. The van der Waals surface area contributed by atoms with Crippen LogP contribution in [0, 0.1) is 0 Å². The topological polar surface area (TPSA) is 0 Å². The van der Waals surface area contributed by atoms with Gasteiger partial charge in [0.1, 0.15) is 0 Å². The molecule has 15 heavy (non-hydrogen) atoms. The van der Waals surface area contributed by atoms with Crippen LogP contribution in [0.3, 0.4) is 0 Å². The molecule has 0 aliphatic carbocycles. The van der Waals surface area contributed by atoms with E-state index in [9.17, 15) is 0 Å². The molecule has 0 bridgehead atoms. The van der Waals surface area contributed by atoms with Gasteiger partial charge in [0.05, 0.1) is 0 Å². The van der Waals surface area contributed by atoms with Crippen LogP contribution in [0.25, 0.3) is 0 Å². The van der Waals surface area contributed by atoms with E-state index in [0.717, 1.165) is 12.8 Å². The smallest absolute Gasteiger partial charge is 0.0395 e. The molecule has 0 nitrogen and oxygen atoms in total. The van der Waals surface area contributed by atoms with Crippen molar-refractivity contribution in [1.29, 1.82) is 0 Å². The first kappa shape index (κ1) is 12.8. The summed E-state index contributed by atoms with van der Waals surface area (Å²) in [4.78, 5) is 0.527. The Morgan fingerprint density at radius 1 is 1.07 bits per heavy atom. The standard InChI is InChI=1S/C14H21Br/c1-4-7-14(15)13-9-8-11(5-2)12(6-3)10-13/h8-10,14H,4-7H2,1-3H3. The molecule has 84 valence electrons. The summed E-state index contributed by atoms with van der Waals surface area (Å²) < 4.78 is 0. The van der Waals surface area contributed by atoms with Gasteiger partial charge in [-0.05, 0) is 36.0 Å². The highest BCUT2D eigenvalue weighted by molar-refractivity contribution is 9.09. The molecule has 1 aromatic rings. The molecule has 1 unspecified atom stereocenters. The molecule has 0 amide bonds. The third kappa shape index (κ3) is 3.34. The van der Waals surface area contributed by atoms with Gasteiger partial charge in [0, 0.05) is 4.83 Å². The molecule has 0 radical (unpaired) electrons. The molecule has 0 aliphatic heterocycles. The number of benzene rings is 1. The molecular weight excluding hydrogens is 248 g/mol. The first-order chi connectivity index (χ1) is 7.22. The normalized spacial score (nSPS) is 12.8. The molecule has 0 fully saturated rings. The lowest BCUT2D eigenvalue weighted by atomic mass is 9.98. The molecule has 0 spiro atoms. The number of alkyl halides is 1. The van der Waals surface area contributed by atoms with Crippen LogP contribution in [0.15, 0.2) is 18.2 Å². The van der Waals surface area contributed by atoms with Crippen molar-refractivity contribution >= 4 is 15.9 Å². The van der Waals surface area contributed by atoms with Crippen molar-refractivity contribution < 1.29 is 0 Å². The molecule has 0 saturated carbocycles. The second kappa shape index (κ2) is 6.32. The van der Waals surface area contributed by atoms with Gasteiger partial charge in [0.15, 0.2) is 0 Å². The maximum Gasteiger partial charge on any atom is 0.0395 e. The summed E-state index contributed by atoms with van der Waals surface area (Å²) in [5.74, 6) is 0. The summed E-state index contributed by atoms with van der Waals surface area (Å²) in [6.45, 7) is 6.70. The van der Waals surface area contributed by atoms with Gasteiger partial charge < -0.3 is 0 Å². The Bertz CT molecular complexity index is 304. The lowest BCUT2D eigenvalue weighted by Crippen LogP contribution is -1.96. The van der Waals surface area contributed by atoms with Gasteiger partial charge in [-0.3, -0.25) is 0 Å². The first-order valence-electron chi connectivity index (χ1n) is 5.98. The Balaban J connectivity index is 2.92. The van der Waals surface area contributed by atoms with Gasteiger partial charge in [0.25, 0.3) is 0 Å². The van der Waals surface area contributed by atoms with Gasteiger partial charge in [-0.15, -0.1) is 0 Å². The van der Waals surface area contributed by atoms with Crippen molar-refractivity contribution in [2.45, 2.75) is 51.3 Å². The van der Waals surface area contributed by atoms with Crippen LogP contribution in [-0.4, -0.2) is 0 Å². The summed E-state index contributed by atoms with van der Waals surface area (Å²) >= 11 is 3.76. The third-order valence-electron chi connectivity index (χ3n) is 2.90. The van der Waals surface area contributed by atoms with E-state index in [1.165, 1.54) is 29.5 Å². The van der Waals surface area contributed by atoms with Crippen LogP contribution in [0.4, 0.5) is 0 Å². The summed E-state index contributed by atoms with van der Waals surface area (Å²) in [6, 6.07) is 6.93. The number of rotatable bonds is 5. The molecule has 1 atom stereocenters. The largest absolute Gasteiger partial charge is 0.0839 e. The van der Waals surface area contributed by atoms with Crippen molar-refractivity contribution in [3.8, 4) is 0 Å². The fraction of sp³-hybridized carbons (Fsp3) is 0.571. The maximum absolute atomic E-state index is 3.76. The van der Waals surface area contributed by atoms with E-state index in [0.29, 0.717) is 4.83 Å². The van der Waals surface area contributed by atoms with Gasteiger partial charge in [0.2, 0.25) is 0 Å². The summed E-state index contributed by atoms with van der Waals surface area (Å²) in [5.41, 5.74) is 4.44. The average Bonchev–Trinajstić information content (AvgIpc) is 2.28. The molecular formula is C14H21Br. The minimum Gasteiger partial charge on any atom is -0.0839 e. The Kier molecular flexibility index (Phi) is 5.38. The van der Waals surface area contributed by atoms with Gasteiger partial charge in [-0.25, -0.2) is 0 Å². The minimum atomic E-state index is 0.527. The Morgan fingerprint density at radius 3 is 2.27 bits per heavy atom. The van der Waals surface area contributed by atoms with E-state index < -0.39 is 0 Å². The van der Waals surface area contributed by atoms with E-state index >= 15 is 0 Å². The van der Waals surface area contributed by atoms with E-state index in [1.54, 1.807) is 0 Å². The van der Waals surface area contributed by atoms with Crippen LogP contribution in [0.5, 0.6) is 0 Å². The molecule has 1 rings (SSSR count). The summed E-state index contributed by atoms with van der Waals surface area (Å²) in [7, 11) is 0. The summed E-state index contributed by atoms with van der Waals surface area (Å²) in [5, 5.41) is 0. The lowest BCUT2D eigenvalue weighted by molar-refractivity contribution is 0.786. The predicted octanol–water partition coefficient (Wildman–Crippen LogP) is 5.05. The maximum atomic E-state index is 3.76. The first-order valence-corrected chi connectivity index (χ1v) is 6.90. The number of hydrogen-bond acceptors (Lipinski definition) is 0. The monoisotopic (exact) mass is 268 g/mol. The zero-order valence-electron chi connectivity index (χ0n) is 10.0. The molecule has 0 aliphatic rings. The van der Waals surface area contributed by atoms with E-state index in [2.05, 4.69) is 54.9 Å². The molecule has 0 aromatic heterocycles. The van der Waals surface area contributed by atoms with Crippen LogP contribution in [0.2, 0.25) is 0 Å². The predicted molar refractivity (Wildman–Crippen MR) is 71.8 cm³/mol. The number of hydrogen-bond donors (Lipinski definition) is 0. The van der Waals surface area contributed by atoms with Gasteiger partial charge >= 0.3 is 0 Å². The Labute approximate surface area is 102 Å². The zero-order chi connectivity index (χ0) is 11.3. The number of halogens is 1. The molecule has 0 saturated heterocycles. The van der Waals surface area contributed by atoms with Gasteiger partial charge in [-0.1, -0.05) is 61.3 Å². The minimum absolute atomic E-state index is 0.527. The van der Waals surface area contributed by atoms with Crippen molar-refractivity contribution in [3.63, 3.8) is 0 Å². The highest BCUT2D eigenvalue weighted by atomic mass is 79.9. The van der Waals surface area contributed by atoms with E-state index in [-0.39, 0.29) is 0 Å². The van der Waals surface area contributed by atoms with Gasteiger partial charge in [-0.2, -0.15) is 0 Å². The Morgan fingerprint density at radius 2 is 1.73 bits per heavy atom. The van der Waals surface area contributed by atoms with Crippen LogP contribution in [0.1, 0.15) is 55.1 Å². The van der Waals surface area contributed by atoms with Crippen molar-refractivity contribution in [2.24, 2.45) is 0 Å². The average molecular weight is 269 g/mol. The lowest BCUT2D eigenvalue weighted by Gasteiger charge is -2.13. The van der Waals surface area contributed by atoms with Crippen molar-refractivity contribution in [2.75, 3.05) is 0 Å². The van der Waals surface area contributed by atoms with Crippen LogP contribution in [-0.2, 0) is 12.8 Å². The highest BCUT2D eigenvalue weighted by Gasteiger charge is 2.08. The fourth-order valence-electron chi connectivity index (χ4n) is 1.93. The van der Waals surface area contributed by atoms with Crippen molar-refractivity contribution in [3.05, 3.63) is 34.9 Å². The second-order valence-corrected chi connectivity index (χ2v) is 5.10. The molecule has 1 aromatic carbocycles. The van der Waals surface area contributed by atoms with Crippen LogP contribution >= 0.6 is 15.9 Å². The molecule has 1 heteroatoms. The quantitative estimate of drug-likeness (QED) is 0.656. The molecule has 0 heterocycles. The SMILES string of the molecule is CCCC(Br)c1ccc(CC)c(CC)c1. The third-order valence-corrected chi connectivity index (χ3v) is 3.88. The Hall–Kier alpha value is -0.300. The van der Waals surface area contributed by atoms with Crippen LogP contribution < -0.4 is 0 Å². The van der Waals surface area contributed by atoms with E-state index in [1.807, 2.05) is 0 Å². The second-order valence-electron chi connectivity index (χ2n) is 3.99. The number of aryl methyl sites for hydroxylation is 2. The van der Waals surface area contributed by atoms with E-state index in [4.69, 9.17) is 0 Å². The zero-order valence-corrected chi connectivity index (χ0v) is 11.6.